The van der Waals surface area contributed by atoms with Crippen LogP contribution in [0.15, 0.2) is 42.5 Å². The molecular formula is C23H26N2O4. The van der Waals surface area contributed by atoms with E-state index in [1.54, 1.807) is 24.3 Å². The van der Waals surface area contributed by atoms with Crippen LogP contribution in [0.4, 0.5) is 10.5 Å². The first-order valence-corrected chi connectivity index (χ1v) is 9.64. The second kappa shape index (κ2) is 9.24. The quantitative estimate of drug-likeness (QED) is 0.727. The second-order valence-electron chi connectivity index (χ2n) is 7.19. The molecule has 1 aliphatic rings. The smallest absolute Gasteiger partial charge is 0.319 e. The maximum absolute atomic E-state index is 11.9. The first-order valence-electron chi connectivity index (χ1n) is 9.64. The van der Waals surface area contributed by atoms with Gasteiger partial charge >= 0.3 is 6.03 Å². The summed E-state index contributed by atoms with van der Waals surface area (Å²) in [5.74, 6) is 8.04. The summed E-state index contributed by atoms with van der Waals surface area (Å²) in [6.07, 6.45) is 0.860. The number of nitrogens with one attached hydrogen (secondary N) is 2. The van der Waals surface area contributed by atoms with Crippen LogP contribution in [0.3, 0.4) is 0 Å². The third-order valence-corrected chi connectivity index (χ3v) is 4.24. The Hall–Kier alpha value is -3.33. The third-order valence-electron chi connectivity index (χ3n) is 4.24. The number of carbonyl (C=O) groups excluding carboxylic acids is 1. The molecule has 0 saturated heterocycles. The zero-order valence-electron chi connectivity index (χ0n) is 17.0. The maximum atomic E-state index is 11.9. The van der Waals surface area contributed by atoms with E-state index in [0.29, 0.717) is 18.0 Å². The van der Waals surface area contributed by atoms with Crippen LogP contribution < -0.4 is 24.8 Å². The van der Waals surface area contributed by atoms with E-state index in [1.807, 2.05) is 19.1 Å². The van der Waals surface area contributed by atoms with Crippen molar-refractivity contribution in [2.75, 3.05) is 25.1 Å². The van der Waals surface area contributed by atoms with Crippen molar-refractivity contribution in [3.05, 3.63) is 48.0 Å². The number of hydrogen-bond acceptors (Lipinski definition) is 4. The number of fused-ring (bicyclic) bond motifs is 1. The van der Waals surface area contributed by atoms with Gasteiger partial charge in [-0.25, -0.2) is 4.79 Å². The normalized spacial score (nSPS) is 13.3. The average Bonchev–Trinajstić information content (AvgIpc) is 3.01. The molecule has 2 aromatic rings. The summed E-state index contributed by atoms with van der Waals surface area (Å²) in [7, 11) is 0. The van der Waals surface area contributed by atoms with Crippen molar-refractivity contribution in [3.8, 4) is 29.1 Å². The van der Waals surface area contributed by atoms with Crippen molar-refractivity contribution in [2.24, 2.45) is 0 Å². The number of amides is 2. The van der Waals surface area contributed by atoms with Gasteiger partial charge < -0.3 is 24.8 Å². The molecule has 0 aliphatic carbocycles. The van der Waals surface area contributed by atoms with Crippen LogP contribution in [-0.4, -0.2) is 31.4 Å². The monoisotopic (exact) mass is 394 g/mol. The van der Waals surface area contributed by atoms with Crippen molar-refractivity contribution < 1.29 is 19.0 Å². The molecule has 2 amide bonds. The van der Waals surface area contributed by atoms with Crippen molar-refractivity contribution >= 4 is 11.7 Å². The largest absolute Gasteiger partial charge is 0.494 e. The van der Waals surface area contributed by atoms with Gasteiger partial charge in [0.05, 0.1) is 13.2 Å². The lowest BCUT2D eigenvalue weighted by molar-refractivity contribution is 0.133. The summed E-state index contributed by atoms with van der Waals surface area (Å²) < 4.78 is 17.1. The molecule has 2 aromatic carbocycles. The molecule has 0 saturated carbocycles. The number of para-hydroxylation sites is 1. The molecule has 0 fully saturated rings. The highest BCUT2D eigenvalue weighted by Gasteiger charge is 2.32. The zero-order chi connectivity index (χ0) is 20.7. The summed E-state index contributed by atoms with van der Waals surface area (Å²) in [4.78, 5) is 11.9. The van der Waals surface area contributed by atoms with Gasteiger partial charge in [-0.3, -0.25) is 0 Å². The Morgan fingerprint density at radius 2 is 1.93 bits per heavy atom. The van der Waals surface area contributed by atoms with E-state index in [2.05, 4.69) is 42.4 Å². The molecule has 1 heterocycles. The maximum Gasteiger partial charge on any atom is 0.319 e. The summed E-state index contributed by atoms with van der Waals surface area (Å²) >= 11 is 0. The van der Waals surface area contributed by atoms with Crippen LogP contribution in [0.1, 0.15) is 26.3 Å². The van der Waals surface area contributed by atoms with Crippen LogP contribution >= 0.6 is 0 Å². The second-order valence-corrected chi connectivity index (χ2v) is 7.19. The number of rotatable bonds is 6. The zero-order valence-corrected chi connectivity index (χ0v) is 17.0. The number of anilines is 1. The molecule has 3 rings (SSSR count). The number of benzene rings is 2. The fourth-order valence-corrected chi connectivity index (χ4v) is 3.03. The Labute approximate surface area is 171 Å². The molecular weight excluding hydrogens is 368 g/mol. The van der Waals surface area contributed by atoms with Crippen molar-refractivity contribution in [1.29, 1.82) is 0 Å². The predicted molar refractivity (Wildman–Crippen MR) is 113 cm³/mol. The van der Waals surface area contributed by atoms with Crippen LogP contribution in [0.5, 0.6) is 17.2 Å². The predicted octanol–water partition coefficient (Wildman–Crippen LogP) is 4.00. The van der Waals surface area contributed by atoms with Gasteiger partial charge in [-0.15, -0.1) is 0 Å². The molecule has 1 aliphatic heterocycles. The van der Waals surface area contributed by atoms with Crippen LogP contribution in [0, 0.1) is 11.8 Å². The number of hydrogen-bond donors (Lipinski definition) is 2. The van der Waals surface area contributed by atoms with Crippen molar-refractivity contribution in [1.82, 2.24) is 5.32 Å². The summed E-state index contributed by atoms with van der Waals surface area (Å²) in [6, 6.07) is 12.8. The molecule has 6 heteroatoms. The minimum Gasteiger partial charge on any atom is -0.494 e. The number of urea groups is 1. The lowest BCUT2D eigenvalue weighted by atomic mass is 10.0. The van der Waals surface area contributed by atoms with Crippen LogP contribution in [0.2, 0.25) is 0 Å². The van der Waals surface area contributed by atoms with Gasteiger partial charge in [0.15, 0.2) is 11.5 Å². The topological polar surface area (TPSA) is 68.8 Å². The highest BCUT2D eigenvalue weighted by molar-refractivity contribution is 5.89. The minimum absolute atomic E-state index is 0.214. The Kier molecular flexibility index (Phi) is 6.50. The fourth-order valence-electron chi connectivity index (χ4n) is 3.03. The van der Waals surface area contributed by atoms with Crippen LogP contribution in [-0.2, 0) is 6.42 Å². The van der Waals surface area contributed by atoms with Gasteiger partial charge in [-0.1, -0.05) is 24.0 Å². The summed E-state index contributed by atoms with van der Waals surface area (Å²) in [5.41, 5.74) is 1.62. The molecule has 0 atom stereocenters. The van der Waals surface area contributed by atoms with E-state index < -0.39 is 0 Å². The molecule has 29 heavy (non-hydrogen) atoms. The molecule has 152 valence electrons. The molecule has 0 radical (unpaired) electrons. The lowest BCUT2D eigenvalue weighted by Crippen LogP contribution is -2.28. The van der Waals surface area contributed by atoms with E-state index in [0.717, 1.165) is 23.5 Å². The van der Waals surface area contributed by atoms with Gasteiger partial charge in [-0.2, -0.15) is 0 Å². The Morgan fingerprint density at radius 1 is 1.14 bits per heavy atom. The van der Waals surface area contributed by atoms with Gasteiger partial charge in [0.2, 0.25) is 0 Å². The first kappa shape index (κ1) is 20.4. The molecule has 0 aromatic heterocycles. The Morgan fingerprint density at radius 3 is 2.69 bits per heavy atom. The van der Waals surface area contributed by atoms with Crippen molar-refractivity contribution in [3.63, 3.8) is 0 Å². The van der Waals surface area contributed by atoms with Crippen molar-refractivity contribution in [2.45, 2.75) is 32.8 Å². The average molecular weight is 394 g/mol. The Bertz CT molecular complexity index is 911. The van der Waals surface area contributed by atoms with E-state index >= 15 is 0 Å². The van der Waals surface area contributed by atoms with E-state index in [1.165, 1.54) is 0 Å². The molecule has 0 spiro atoms. The fraction of sp³-hybridized carbons (Fsp3) is 0.348. The van der Waals surface area contributed by atoms with Gasteiger partial charge in [0, 0.05) is 17.7 Å². The SMILES string of the molecule is CCOc1ccc(NC(=O)NCC#CCOc2cccc3c2OC(C)(C)C3)cc1. The Balaban J connectivity index is 1.40. The van der Waals surface area contributed by atoms with Gasteiger partial charge in [0.25, 0.3) is 0 Å². The molecule has 2 N–H and O–H groups in total. The minimum atomic E-state index is -0.319. The molecule has 0 unspecified atom stereocenters. The standard InChI is InChI=1S/C23H26N2O4/c1-4-27-19-12-10-18(11-13-19)25-22(26)24-14-5-6-15-28-20-9-7-8-17-16-23(2,3)29-21(17)20/h7-13H,4,14-16H2,1-3H3,(H2,24,25,26). The lowest BCUT2D eigenvalue weighted by Gasteiger charge is -2.17. The van der Waals surface area contributed by atoms with Gasteiger partial charge in [0.1, 0.15) is 18.0 Å². The number of carbonyl (C=O) groups is 1. The van der Waals surface area contributed by atoms with E-state index in [4.69, 9.17) is 14.2 Å². The first-order chi connectivity index (χ1) is 14.0. The number of ether oxygens (including phenoxy) is 3. The highest BCUT2D eigenvalue weighted by Crippen LogP contribution is 2.41. The van der Waals surface area contributed by atoms with E-state index in [9.17, 15) is 4.79 Å². The van der Waals surface area contributed by atoms with E-state index in [-0.39, 0.29) is 24.8 Å². The third kappa shape index (κ3) is 5.82. The molecule has 0 bridgehead atoms. The molecule has 6 nitrogen and oxygen atoms in total. The van der Waals surface area contributed by atoms with Gasteiger partial charge in [-0.05, 0) is 51.1 Å². The highest BCUT2D eigenvalue weighted by atomic mass is 16.5. The van der Waals surface area contributed by atoms with Crippen LogP contribution in [0.25, 0.3) is 0 Å². The summed E-state index contributed by atoms with van der Waals surface area (Å²) in [5, 5.41) is 5.43. The summed E-state index contributed by atoms with van der Waals surface area (Å²) in [6.45, 7) is 7.09.